The van der Waals surface area contributed by atoms with Crippen LogP contribution in [-0.4, -0.2) is 34.6 Å². The third kappa shape index (κ3) is 5.26. The van der Waals surface area contributed by atoms with Crippen molar-refractivity contribution in [3.05, 3.63) is 90.0 Å². The molecule has 3 aromatic carbocycles. The van der Waals surface area contributed by atoms with Crippen LogP contribution in [0.2, 0.25) is 0 Å². The third-order valence-electron chi connectivity index (χ3n) is 5.56. The van der Waals surface area contributed by atoms with Gasteiger partial charge in [-0.2, -0.15) is 0 Å². The van der Waals surface area contributed by atoms with Crippen LogP contribution in [0.1, 0.15) is 29.8 Å². The summed E-state index contributed by atoms with van der Waals surface area (Å²) in [4.78, 5) is 31.6. The zero-order valence-corrected chi connectivity index (χ0v) is 19.7. The van der Waals surface area contributed by atoms with Crippen LogP contribution in [0.15, 0.2) is 78.9 Å². The summed E-state index contributed by atoms with van der Waals surface area (Å²) in [7, 11) is 1.73. The molecule has 0 aliphatic rings. The van der Waals surface area contributed by atoms with Crippen molar-refractivity contribution < 1.29 is 9.59 Å². The molecule has 174 valence electrons. The van der Waals surface area contributed by atoms with E-state index >= 15 is 0 Å². The molecule has 4 rings (SSSR count). The van der Waals surface area contributed by atoms with Gasteiger partial charge in [0.1, 0.15) is 0 Å². The number of imidazole rings is 1. The predicted molar refractivity (Wildman–Crippen MR) is 136 cm³/mol. The lowest BCUT2D eigenvalue weighted by molar-refractivity contribution is 0.102. The number of hydrogen-bond donors (Lipinski definition) is 2. The van der Waals surface area contributed by atoms with E-state index in [0.29, 0.717) is 23.6 Å². The number of aryl methyl sites for hydroxylation is 2. The van der Waals surface area contributed by atoms with E-state index in [1.54, 1.807) is 24.1 Å². The highest BCUT2D eigenvalue weighted by Crippen LogP contribution is 2.26. The van der Waals surface area contributed by atoms with Crippen molar-refractivity contribution >= 4 is 34.6 Å². The molecular weight excluding hydrogens is 426 g/mol. The van der Waals surface area contributed by atoms with E-state index in [2.05, 4.69) is 22.8 Å². The van der Waals surface area contributed by atoms with Gasteiger partial charge in [-0.25, -0.2) is 9.78 Å². The number of aromatic nitrogens is 2. The Bertz CT molecular complexity index is 1280. The molecule has 0 fully saturated rings. The second kappa shape index (κ2) is 10.2. The largest absolute Gasteiger partial charge is 0.336 e. The van der Waals surface area contributed by atoms with Gasteiger partial charge in [0.15, 0.2) is 0 Å². The Morgan fingerprint density at radius 1 is 0.971 bits per heavy atom. The van der Waals surface area contributed by atoms with Gasteiger partial charge in [0.05, 0.1) is 11.0 Å². The lowest BCUT2D eigenvalue weighted by atomic mass is 10.1. The lowest BCUT2D eigenvalue weighted by Gasteiger charge is -2.19. The highest BCUT2D eigenvalue weighted by atomic mass is 16.2. The number of rotatable bonds is 7. The Hall–Kier alpha value is -4.13. The van der Waals surface area contributed by atoms with Crippen molar-refractivity contribution in [1.82, 2.24) is 14.9 Å². The van der Waals surface area contributed by atoms with Crippen LogP contribution in [0.5, 0.6) is 0 Å². The van der Waals surface area contributed by atoms with Crippen molar-refractivity contribution in [1.29, 1.82) is 0 Å². The van der Waals surface area contributed by atoms with Gasteiger partial charge in [-0.3, -0.25) is 15.0 Å². The summed E-state index contributed by atoms with van der Waals surface area (Å²) in [5, 5.41) is 5.86. The van der Waals surface area contributed by atoms with Crippen molar-refractivity contribution in [2.75, 3.05) is 17.3 Å². The van der Waals surface area contributed by atoms with Gasteiger partial charge in [-0.05, 0) is 56.2 Å². The fourth-order valence-electron chi connectivity index (χ4n) is 3.76. The maximum absolute atomic E-state index is 12.9. The van der Waals surface area contributed by atoms with Crippen molar-refractivity contribution in [3.8, 4) is 0 Å². The van der Waals surface area contributed by atoms with Gasteiger partial charge in [0.25, 0.3) is 5.91 Å². The molecule has 0 radical (unpaired) electrons. The summed E-state index contributed by atoms with van der Waals surface area (Å²) in [6, 6.07) is 24.8. The van der Waals surface area contributed by atoms with Gasteiger partial charge in [-0.15, -0.1) is 0 Å². The quantitative estimate of drug-likeness (QED) is 0.408. The first-order chi connectivity index (χ1) is 16.4. The van der Waals surface area contributed by atoms with Crippen LogP contribution in [-0.2, 0) is 13.0 Å². The van der Waals surface area contributed by atoms with Gasteiger partial charge in [0.2, 0.25) is 5.95 Å². The number of carbonyl (C=O) groups is 2. The molecule has 34 heavy (non-hydrogen) atoms. The molecule has 1 heterocycles. The van der Waals surface area contributed by atoms with Gasteiger partial charge < -0.3 is 9.88 Å². The number of fused-ring (bicyclic) bond motifs is 1. The topological polar surface area (TPSA) is 79.3 Å². The number of urea groups is 1. The SMILES string of the molecule is CC(C)NC(=O)N(C)c1ccc2c(c1)nc(NC(=O)c1ccccc1)n2CCc1ccccc1. The number of nitrogens with one attached hydrogen (secondary N) is 2. The maximum Gasteiger partial charge on any atom is 0.321 e. The molecule has 7 heteroatoms. The molecule has 0 unspecified atom stereocenters. The number of hydrogen-bond acceptors (Lipinski definition) is 3. The number of carbonyl (C=O) groups excluding carboxylic acids is 2. The Morgan fingerprint density at radius 3 is 2.32 bits per heavy atom. The summed E-state index contributed by atoms with van der Waals surface area (Å²) in [5.74, 6) is 0.261. The maximum atomic E-state index is 12.9. The number of nitrogens with zero attached hydrogens (tertiary/aromatic N) is 3. The lowest BCUT2D eigenvalue weighted by Crippen LogP contribution is -2.40. The van der Waals surface area contributed by atoms with E-state index in [9.17, 15) is 9.59 Å². The first kappa shape index (κ1) is 23.0. The number of amides is 3. The molecule has 7 nitrogen and oxygen atoms in total. The van der Waals surface area contributed by atoms with Gasteiger partial charge >= 0.3 is 6.03 Å². The summed E-state index contributed by atoms with van der Waals surface area (Å²) in [5.41, 5.74) is 4.08. The molecule has 1 aromatic heterocycles. The first-order valence-electron chi connectivity index (χ1n) is 11.4. The van der Waals surface area contributed by atoms with E-state index in [0.717, 1.165) is 17.6 Å². The number of benzene rings is 3. The molecule has 0 saturated carbocycles. The highest BCUT2D eigenvalue weighted by molar-refractivity contribution is 6.04. The fourth-order valence-corrected chi connectivity index (χ4v) is 3.76. The highest BCUT2D eigenvalue weighted by Gasteiger charge is 2.17. The number of anilines is 2. The van der Waals surface area contributed by atoms with Crippen LogP contribution in [0.25, 0.3) is 11.0 Å². The van der Waals surface area contributed by atoms with E-state index < -0.39 is 0 Å². The molecule has 2 N–H and O–H groups in total. The Kier molecular flexibility index (Phi) is 6.92. The second-order valence-corrected chi connectivity index (χ2v) is 8.48. The van der Waals surface area contributed by atoms with Crippen molar-refractivity contribution in [2.24, 2.45) is 0 Å². The zero-order chi connectivity index (χ0) is 24.1. The fraction of sp³-hybridized carbons (Fsp3) is 0.222. The molecule has 0 aliphatic heterocycles. The van der Waals surface area contributed by atoms with E-state index in [1.807, 2.05) is 73.0 Å². The molecule has 0 aliphatic carbocycles. The zero-order valence-electron chi connectivity index (χ0n) is 19.7. The minimum Gasteiger partial charge on any atom is -0.336 e. The van der Waals surface area contributed by atoms with Crippen LogP contribution in [0.3, 0.4) is 0 Å². The standard InChI is InChI=1S/C27H29N5O2/c1-19(2)28-27(34)31(3)22-14-15-24-23(18-22)29-26(30-25(33)21-12-8-5-9-13-21)32(24)17-16-20-10-6-4-7-11-20/h4-15,18-19H,16-17H2,1-3H3,(H,28,34)(H,29,30,33). The minimum atomic E-state index is -0.217. The average molecular weight is 456 g/mol. The summed E-state index contributed by atoms with van der Waals surface area (Å²) >= 11 is 0. The summed E-state index contributed by atoms with van der Waals surface area (Å²) in [6.45, 7) is 4.49. The summed E-state index contributed by atoms with van der Waals surface area (Å²) < 4.78 is 2.02. The van der Waals surface area contributed by atoms with Crippen LogP contribution in [0.4, 0.5) is 16.4 Å². The van der Waals surface area contributed by atoms with Gasteiger partial charge in [0, 0.05) is 30.9 Å². The summed E-state index contributed by atoms with van der Waals surface area (Å²) in [6.07, 6.45) is 0.791. The van der Waals surface area contributed by atoms with Crippen LogP contribution in [0, 0.1) is 0 Å². The average Bonchev–Trinajstić information content (AvgIpc) is 3.18. The third-order valence-corrected chi connectivity index (χ3v) is 5.56. The van der Waals surface area contributed by atoms with Gasteiger partial charge in [-0.1, -0.05) is 48.5 Å². The van der Waals surface area contributed by atoms with Crippen LogP contribution < -0.4 is 15.5 Å². The second-order valence-electron chi connectivity index (χ2n) is 8.48. The molecule has 4 aromatic rings. The Labute approximate surface area is 199 Å². The smallest absolute Gasteiger partial charge is 0.321 e. The molecule has 3 amide bonds. The first-order valence-corrected chi connectivity index (χ1v) is 11.4. The van der Waals surface area contributed by atoms with E-state index in [4.69, 9.17) is 4.98 Å². The van der Waals surface area contributed by atoms with Crippen molar-refractivity contribution in [2.45, 2.75) is 32.9 Å². The van der Waals surface area contributed by atoms with E-state index in [-0.39, 0.29) is 18.0 Å². The Balaban J connectivity index is 1.67. The minimum absolute atomic E-state index is 0.0377. The van der Waals surface area contributed by atoms with E-state index in [1.165, 1.54) is 5.56 Å². The Morgan fingerprint density at radius 2 is 1.65 bits per heavy atom. The normalized spacial score (nSPS) is 10.9. The molecule has 0 bridgehead atoms. The van der Waals surface area contributed by atoms with Crippen LogP contribution >= 0.6 is 0 Å². The monoisotopic (exact) mass is 455 g/mol. The molecule has 0 saturated heterocycles. The predicted octanol–water partition coefficient (Wildman–Crippen LogP) is 5.09. The van der Waals surface area contributed by atoms with Crippen molar-refractivity contribution in [3.63, 3.8) is 0 Å². The molecule has 0 atom stereocenters. The molecular formula is C27H29N5O2. The molecule has 0 spiro atoms.